The van der Waals surface area contributed by atoms with E-state index in [0.29, 0.717) is 18.7 Å². The maximum absolute atomic E-state index is 12.3. The SMILES string of the molecule is Cc1cn(CCCCN2CCN(C(=O)C3CCCO3)CC2)c(=O)[nH]c1=O. The number of hydrogen-bond donors (Lipinski definition) is 1. The Morgan fingerprint density at radius 3 is 2.62 bits per heavy atom. The van der Waals surface area contributed by atoms with Crippen LogP contribution in [0.15, 0.2) is 15.8 Å². The fraction of sp³-hybridized carbons (Fsp3) is 0.722. The largest absolute Gasteiger partial charge is 0.368 e. The van der Waals surface area contributed by atoms with Crippen molar-refractivity contribution in [2.24, 2.45) is 0 Å². The summed E-state index contributed by atoms with van der Waals surface area (Å²) in [4.78, 5) is 42.1. The van der Waals surface area contributed by atoms with Crippen LogP contribution >= 0.6 is 0 Å². The Morgan fingerprint density at radius 2 is 1.92 bits per heavy atom. The quantitative estimate of drug-likeness (QED) is 0.715. The highest BCUT2D eigenvalue weighted by Crippen LogP contribution is 2.16. The highest BCUT2D eigenvalue weighted by atomic mass is 16.5. The topological polar surface area (TPSA) is 87.6 Å². The van der Waals surface area contributed by atoms with Crippen LogP contribution in [0, 0.1) is 6.92 Å². The summed E-state index contributed by atoms with van der Waals surface area (Å²) in [7, 11) is 0. The lowest BCUT2D eigenvalue weighted by Gasteiger charge is -2.35. The molecule has 1 atom stereocenters. The monoisotopic (exact) mass is 364 g/mol. The van der Waals surface area contributed by atoms with Gasteiger partial charge in [0.2, 0.25) is 0 Å². The number of amides is 1. The van der Waals surface area contributed by atoms with Gasteiger partial charge >= 0.3 is 5.69 Å². The smallest absolute Gasteiger partial charge is 0.328 e. The molecular weight excluding hydrogens is 336 g/mol. The lowest BCUT2D eigenvalue weighted by atomic mass is 10.2. The molecule has 3 rings (SSSR count). The molecule has 8 nitrogen and oxygen atoms in total. The van der Waals surface area contributed by atoms with Gasteiger partial charge in [0.05, 0.1) is 0 Å². The van der Waals surface area contributed by atoms with Crippen LogP contribution in [0.4, 0.5) is 0 Å². The Bertz CT molecular complexity index is 727. The van der Waals surface area contributed by atoms with Crippen molar-refractivity contribution in [2.45, 2.75) is 45.3 Å². The van der Waals surface area contributed by atoms with Gasteiger partial charge < -0.3 is 14.2 Å². The van der Waals surface area contributed by atoms with E-state index in [2.05, 4.69) is 9.88 Å². The first kappa shape index (κ1) is 18.8. The molecule has 26 heavy (non-hydrogen) atoms. The second-order valence-electron chi connectivity index (χ2n) is 7.14. The molecule has 144 valence electrons. The van der Waals surface area contributed by atoms with E-state index < -0.39 is 0 Å². The van der Waals surface area contributed by atoms with E-state index in [-0.39, 0.29) is 23.3 Å². The molecule has 0 saturated carbocycles. The third-order valence-corrected chi connectivity index (χ3v) is 5.20. The molecule has 8 heteroatoms. The molecule has 2 saturated heterocycles. The number of rotatable bonds is 6. The fourth-order valence-electron chi connectivity index (χ4n) is 3.57. The molecule has 1 aromatic rings. The van der Waals surface area contributed by atoms with Crippen LogP contribution in [-0.2, 0) is 16.1 Å². The van der Waals surface area contributed by atoms with Crippen molar-refractivity contribution >= 4 is 5.91 Å². The Labute approximate surface area is 152 Å². The van der Waals surface area contributed by atoms with Gasteiger partial charge in [0.25, 0.3) is 11.5 Å². The van der Waals surface area contributed by atoms with Crippen molar-refractivity contribution in [3.05, 3.63) is 32.6 Å². The number of carbonyl (C=O) groups excluding carboxylic acids is 1. The number of hydrogen-bond acceptors (Lipinski definition) is 5. The van der Waals surface area contributed by atoms with Crippen molar-refractivity contribution in [3.63, 3.8) is 0 Å². The summed E-state index contributed by atoms with van der Waals surface area (Å²) in [5, 5.41) is 0. The zero-order chi connectivity index (χ0) is 18.5. The third kappa shape index (κ3) is 4.62. The Morgan fingerprint density at radius 1 is 1.19 bits per heavy atom. The van der Waals surface area contributed by atoms with E-state index >= 15 is 0 Å². The molecule has 1 N–H and O–H groups in total. The highest BCUT2D eigenvalue weighted by Gasteiger charge is 2.30. The molecule has 0 aromatic carbocycles. The van der Waals surface area contributed by atoms with E-state index in [1.807, 2.05) is 4.90 Å². The number of unbranched alkanes of at least 4 members (excludes halogenated alkanes) is 1. The predicted molar refractivity (Wildman–Crippen MR) is 97.3 cm³/mol. The van der Waals surface area contributed by atoms with E-state index in [9.17, 15) is 14.4 Å². The second-order valence-corrected chi connectivity index (χ2v) is 7.14. The zero-order valence-electron chi connectivity index (χ0n) is 15.4. The number of aryl methyl sites for hydroxylation is 2. The van der Waals surface area contributed by atoms with Gasteiger partial charge in [-0.2, -0.15) is 0 Å². The van der Waals surface area contributed by atoms with Crippen molar-refractivity contribution in [3.8, 4) is 0 Å². The molecule has 2 fully saturated rings. The number of aromatic amines is 1. The van der Waals surface area contributed by atoms with Gasteiger partial charge in [-0.1, -0.05) is 0 Å². The van der Waals surface area contributed by atoms with Crippen LogP contribution in [-0.4, -0.2) is 70.7 Å². The number of aromatic nitrogens is 2. The first-order chi connectivity index (χ1) is 12.5. The average molecular weight is 364 g/mol. The van der Waals surface area contributed by atoms with Gasteiger partial charge in [-0.3, -0.25) is 19.5 Å². The van der Waals surface area contributed by atoms with Crippen LogP contribution in [0.2, 0.25) is 0 Å². The number of H-pyrrole nitrogens is 1. The van der Waals surface area contributed by atoms with E-state index in [1.165, 1.54) is 0 Å². The van der Waals surface area contributed by atoms with E-state index in [1.54, 1.807) is 17.7 Å². The summed E-state index contributed by atoms with van der Waals surface area (Å²) < 4.78 is 7.05. The van der Waals surface area contributed by atoms with Crippen molar-refractivity contribution < 1.29 is 9.53 Å². The summed E-state index contributed by atoms with van der Waals surface area (Å²) in [5.41, 5.74) is -0.111. The number of nitrogens with one attached hydrogen (secondary N) is 1. The molecule has 1 aromatic heterocycles. The highest BCUT2D eigenvalue weighted by molar-refractivity contribution is 5.81. The molecule has 0 spiro atoms. The molecule has 3 heterocycles. The summed E-state index contributed by atoms with van der Waals surface area (Å²) in [6, 6.07) is 0. The fourth-order valence-corrected chi connectivity index (χ4v) is 3.57. The van der Waals surface area contributed by atoms with Gasteiger partial charge in [-0.15, -0.1) is 0 Å². The standard InChI is InChI=1S/C18H28N4O4/c1-14-13-22(18(25)19-16(14)23)7-3-2-6-20-8-10-21(11-9-20)17(24)15-5-4-12-26-15/h13,15H,2-12H2,1H3,(H,19,23,25). The molecule has 2 aliphatic rings. The first-order valence-electron chi connectivity index (χ1n) is 9.48. The minimum atomic E-state index is -0.346. The lowest BCUT2D eigenvalue weighted by Crippen LogP contribution is -2.51. The van der Waals surface area contributed by atoms with Gasteiger partial charge in [0, 0.05) is 51.1 Å². The predicted octanol–water partition coefficient (Wildman–Crippen LogP) is -0.0516. The zero-order valence-corrected chi connectivity index (χ0v) is 15.4. The van der Waals surface area contributed by atoms with Gasteiger partial charge in [0.15, 0.2) is 0 Å². The van der Waals surface area contributed by atoms with Gasteiger partial charge in [-0.05, 0) is 39.2 Å². The summed E-state index contributed by atoms with van der Waals surface area (Å²) in [6.07, 6.45) is 5.08. The van der Waals surface area contributed by atoms with Crippen LogP contribution in [0.3, 0.4) is 0 Å². The Kier molecular flexibility index (Phi) is 6.26. The van der Waals surface area contributed by atoms with Crippen LogP contribution in [0.1, 0.15) is 31.2 Å². The molecule has 1 unspecified atom stereocenters. The minimum Gasteiger partial charge on any atom is -0.368 e. The van der Waals surface area contributed by atoms with Crippen LogP contribution < -0.4 is 11.2 Å². The lowest BCUT2D eigenvalue weighted by molar-refractivity contribution is -0.142. The van der Waals surface area contributed by atoms with Crippen LogP contribution in [0.25, 0.3) is 0 Å². The van der Waals surface area contributed by atoms with E-state index in [4.69, 9.17) is 4.74 Å². The summed E-state index contributed by atoms with van der Waals surface area (Å²) in [5.74, 6) is 0.148. The summed E-state index contributed by atoms with van der Waals surface area (Å²) >= 11 is 0. The number of ether oxygens (including phenoxy) is 1. The minimum absolute atomic E-state index is 0.148. The maximum atomic E-state index is 12.3. The van der Waals surface area contributed by atoms with Crippen molar-refractivity contribution in [2.75, 3.05) is 39.3 Å². The number of nitrogens with zero attached hydrogens (tertiary/aromatic N) is 3. The molecular formula is C18H28N4O4. The molecule has 0 radical (unpaired) electrons. The van der Waals surface area contributed by atoms with E-state index in [0.717, 1.165) is 58.4 Å². The van der Waals surface area contributed by atoms with Gasteiger partial charge in [-0.25, -0.2) is 4.79 Å². The van der Waals surface area contributed by atoms with Crippen molar-refractivity contribution in [1.82, 2.24) is 19.4 Å². The normalized spacial score (nSPS) is 21.3. The van der Waals surface area contributed by atoms with Crippen LogP contribution in [0.5, 0.6) is 0 Å². The Balaban J connectivity index is 1.36. The summed E-state index contributed by atoms with van der Waals surface area (Å²) in [6.45, 7) is 7.26. The average Bonchev–Trinajstić information content (AvgIpc) is 3.17. The van der Waals surface area contributed by atoms with Crippen molar-refractivity contribution in [1.29, 1.82) is 0 Å². The molecule has 2 aliphatic heterocycles. The molecule has 1 amide bonds. The Hall–Kier alpha value is -1.93. The second kappa shape index (κ2) is 8.64. The van der Waals surface area contributed by atoms with Gasteiger partial charge in [0.1, 0.15) is 6.10 Å². The first-order valence-corrected chi connectivity index (χ1v) is 9.48. The number of piperazine rings is 1. The third-order valence-electron chi connectivity index (χ3n) is 5.20. The number of carbonyl (C=O) groups is 1. The molecule has 0 aliphatic carbocycles. The maximum Gasteiger partial charge on any atom is 0.328 e. The molecule has 0 bridgehead atoms.